The van der Waals surface area contributed by atoms with E-state index < -0.39 is 17.7 Å². The van der Waals surface area contributed by atoms with Crippen molar-refractivity contribution in [3.63, 3.8) is 0 Å². The van der Waals surface area contributed by atoms with Gasteiger partial charge in [0.05, 0.1) is 5.75 Å². The van der Waals surface area contributed by atoms with Crippen LogP contribution in [0.2, 0.25) is 0 Å². The summed E-state index contributed by atoms with van der Waals surface area (Å²) in [6.07, 6.45) is 1.21. The van der Waals surface area contributed by atoms with Crippen LogP contribution in [-0.4, -0.2) is 32.7 Å². The number of aliphatic carboxylic acids is 1. The highest BCUT2D eigenvalue weighted by molar-refractivity contribution is 7.99. The number of benzene rings is 1. The van der Waals surface area contributed by atoms with E-state index in [4.69, 9.17) is 10.8 Å². The van der Waals surface area contributed by atoms with E-state index in [0.717, 1.165) is 11.8 Å². The lowest BCUT2D eigenvalue weighted by Crippen LogP contribution is -2.16. The molecule has 4 N–H and O–H groups in total. The molecule has 1 aromatic carbocycles. The van der Waals surface area contributed by atoms with Crippen molar-refractivity contribution in [3.05, 3.63) is 41.8 Å². The third kappa shape index (κ3) is 4.16. The van der Waals surface area contributed by atoms with E-state index in [1.807, 2.05) is 0 Å². The van der Waals surface area contributed by atoms with Crippen LogP contribution in [0.1, 0.15) is 10.4 Å². The van der Waals surface area contributed by atoms with Crippen molar-refractivity contribution >= 4 is 35.1 Å². The second-order valence-corrected chi connectivity index (χ2v) is 5.04. The van der Waals surface area contributed by atoms with Crippen LogP contribution in [0, 0.1) is 5.82 Å². The fourth-order valence-corrected chi connectivity index (χ4v) is 2.02. The van der Waals surface area contributed by atoms with E-state index in [1.165, 1.54) is 30.5 Å². The fraction of sp³-hybridized carbons (Fsp3) is 0.0769. The molecule has 0 fully saturated rings. The maximum atomic E-state index is 12.8. The predicted molar refractivity (Wildman–Crippen MR) is 79.2 cm³/mol. The first-order valence-electron chi connectivity index (χ1n) is 5.99. The van der Waals surface area contributed by atoms with Gasteiger partial charge in [-0.1, -0.05) is 11.8 Å². The summed E-state index contributed by atoms with van der Waals surface area (Å²) in [4.78, 5) is 30.2. The summed E-state index contributed by atoms with van der Waals surface area (Å²) >= 11 is 0.894. The number of nitrogens with zero attached hydrogens (tertiary/aromatic N) is 2. The molecule has 2 aromatic rings. The number of carbonyl (C=O) groups is 2. The Kier molecular flexibility index (Phi) is 4.89. The lowest BCUT2D eigenvalue weighted by molar-refractivity contribution is -0.133. The molecule has 0 saturated heterocycles. The molecule has 9 heteroatoms. The largest absolute Gasteiger partial charge is 0.481 e. The number of carboxylic acid groups (broad SMARTS) is 1. The molecule has 0 saturated carbocycles. The van der Waals surface area contributed by atoms with E-state index in [9.17, 15) is 14.0 Å². The standard InChI is InChI=1S/C13H11FN4O3S/c14-7-1-3-8(4-2-7)17-12(21)9-5-16-13(18-11(9)15)22-6-10(19)20/h1-5H,6H2,(H,17,21)(H,19,20)(H2,15,16,18). The zero-order valence-corrected chi connectivity index (χ0v) is 11.9. The number of carboxylic acids is 1. The molecule has 22 heavy (non-hydrogen) atoms. The van der Waals surface area contributed by atoms with Crippen LogP contribution in [0.25, 0.3) is 0 Å². The van der Waals surface area contributed by atoms with Gasteiger partial charge in [0.25, 0.3) is 5.91 Å². The summed E-state index contributed by atoms with van der Waals surface area (Å²) in [7, 11) is 0. The number of amides is 1. The van der Waals surface area contributed by atoms with Gasteiger partial charge in [-0.25, -0.2) is 14.4 Å². The molecule has 0 aliphatic rings. The summed E-state index contributed by atoms with van der Waals surface area (Å²) in [6, 6.07) is 5.23. The fourth-order valence-electron chi connectivity index (χ4n) is 1.48. The van der Waals surface area contributed by atoms with E-state index >= 15 is 0 Å². The second kappa shape index (κ2) is 6.85. The van der Waals surface area contributed by atoms with Gasteiger partial charge in [0.15, 0.2) is 5.16 Å². The molecule has 1 heterocycles. The highest BCUT2D eigenvalue weighted by atomic mass is 32.2. The van der Waals surface area contributed by atoms with Crippen molar-refractivity contribution in [1.29, 1.82) is 0 Å². The molecule has 114 valence electrons. The molecule has 0 aliphatic heterocycles. The van der Waals surface area contributed by atoms with E-state index in [2.05, 4.69) is 15.3 Å². The zero-order chi connectivity index (χ0) is 16.1. The Morgan fingerprint density at radius 1 is 1.32 bits per heavy atom. The predicted octanol–water partition coefficient (Wildman–Crippen LogP) is 1.63. The van der Waals surface area contributed by atoms with Crippen LogP contribution >= 0.6 is 11.8 Å². The average Bonchev–Trinajstić information content (AvgIpc) is 2.47. The van der Waals surface area contributed by atoms with Crippen molar-refractivity contribution in [1.82, 2.24) is 9.97 Å². The molecule has 0 atom stereocenters. The summed E-state index contributed by atoms with van der Waals surface area (Å²) in [5.74, 6) is -2.24. The molecule has 0 bridgehead atoms. The van der Waals surface area contributed by atoms with Crippen LogP contribution in [0.4, 0.5) is 15.9 Å². The van der Waals surface area contributed by atoms with Crippen molar-refractivity contribution < 1.29 is 19.1 Å². The minimum absolute atomic E-state index is 0.0454. The Balaban J connectivity index is 2.09. The van der Waals surface area contributed by atoms with Gasteiger partial charge < -0.3 is 16.2 Å². The van der Waals surface area contributed by atoms with Gasteiger partial charge in [-0.05, 0) is 24.3 Å². The van der Waals surface area contributed by atoms with E-state index in [-0.39, 0.29) is 22.3 Å². The lowest BCUT2D eigenvalue weighted by atomic mass is 10.2. The van der Waals surface area contributed by atoms with Gasteiger partial charge in [0, 0.05) is 11.9 Å². The van der Waals surface area contributed by atoms with E-state index in [1.54, 1.807) is 0 Å². The molecule has 1 amide bonds. The van der Waals surface area contributed by atoms with Crippen LogP contribution in [0.5, 0.6) is 0 Å². The van der Waals surface area contributed by atoms with Crippen LogP contribution in [-0.2, 0) is 4.79 Å². The Hall–Kier alpha value is -2.68. The Bertz CT molecular complexity index is 709. The number of nitrogen functional groups attached to an aromatic ring is 1. The Morgan fingerprint density at radius 2 is 2.00 bits per heavy atom. The number of nitrogens with one attached hydrogen (secondary N) is 1. The number of hydrogen-bond acceptors (Lipinski definition) is 6. The minimum Gasteiger partial charge on any atom is -0.481 e. The first-order valence-corrected chi connectivity index (χ1v) is 6.98. The van der Waals surface area contributed by atoms with Gasteiger partial charge in [-0.2, -0.15) is 0 Å². The third-order valence-corrected chi connectivity index (χ3v) is 3.31. The summed E-state index contributed by atoms with van der Waals surface area (Å²) in [6.45, 7) is 0. The maximum absolute atomic E-state index is 12.8. The first-order chi connectivity index (χ1) is 10.5. The summed E-state index contributed by atoms with van der Waals surface area (Å²) in [5, 5.41) is 11.3. The highest BCUT2D eigenvalue weighted by Gasteiger charge is 2.13. The number of rotatable bonds is 5. The molecule has 2 rings (SSSR count). The van der Waals surface area contributed by atoms with Gasteiger partial charge in [-0.15, -0.1) is 0 Å². The average molecular weight is 322 g/mol. The number of aromatic nitrogens is 2. The second-order valence-electron chi connectivity index (χ2n) is 4.09. The van der Waals surface area contributed by atoms with Crippen LogP contribution in [0.15, 0.2) is 35.6 Å². The number of nitrogens with two attached hydrogens (primary N) is 1. The molecule has 1 aromatic heterocycles. The molecule has 0 radical (unpaired) electrons. The smallest absolute Gasteiger partial charge is 0.313 e. The van der Waals surface area contributed by atoms with Gasteiger partial charge in [-0.3, -0.25) is 9.59 Å². The lowest BCUT2D eigenvalue weighted by Gasteiger charge is -2.07. The molecule has 0 spiro atoms. The zero-order valence-electron chi connectivity index (χ0n) is 11.1. The number of hydrogen-bond donors (Lipinski definition) is 3. The first kappa shape index (κ1) is 15.7. The van der Waals surface area contributed by atoms with Crippen molar-refractivity contribution in [2.75, 3.05) is 16.8 Å². The van der Waals surface area contributed by atoms with Crippen LogP contribution in [0.3, 0.4) is 0 Å². The van der Waals surface area contributed by atoms with Crippen molar-refractivity contribution in [2.24, 2.45) is 0 Å². The topological polar surface area (TPSA) is 118 Å². The summed E-state index contributed by atoms with van der Waals surface area (Å²) < 4.78 is 12.8. The number of carbonyl (C=O) groups excluding carboxylic acids is 1. The number of thioether (sulfide) groups is 1. The van der Waals surface area contributed by atoms with Gasteiger partial charge >= 0.3 is 5.97 Å². The Morgan fingerprint density at radius 3 is 2.59 bits per heavy atom. The molecule has 0 unspecified atom stereocenters. The Labute approximate surface area is 128 Å². The quantitative estimate of drug-likeness (QED) is 0.565. The number of halogens is 1. The van der Waals surface area contributed by atoms with E-state index in [0.29, 0.717) is 5.69 Å². The minimum atomic E-state index is -1.01. The highest BCUT2D eigenvalue weighted by Crippen LogP contribution is 2.17. The van der Waals surface area contributed by atoms with Crippen LogP contribution < -0.4 is 11.1 Å². The molecule has 0 aliphatic carbocycles. The SMILES string of the molecule is Nc1nc(SCC(=O)O)ncc1C(=O)Nc1ccc(F)cc1. The third-order valence-electron chi connectivity index (χ3n) is 2.47. The van der Waals surface area contributed by atoms with Gasteiger partial charge in [0.1, 0.15) is 17.2 Å². The monoisotopic (exact) mass is 322 g/mol. The van der Waals surface area contributed by atoms with Gasteiger partial charge in [0.2, 0.25) is 0 Å². The normalized spacial score (nSPS) is 10.2. The summed E-state index contributed by atoms with van der Waals surface area (Å²) in [5.41, 5.74) is 6.12. The molecular formula is C13H11FN4O3S. The van der Waals surface area contributed by atoms with Crippen molar-refractivity contribution in [2.45, 2.75) is 5.16 Å². The molecular weight excluding hydrogens is 311 g/mol. The number of anilines is 2. The van der Waals surface area contributed by atoms with Crippen molar-refractivity contribution in [3.8, 4) is 0 Å². The molecule has 7 nitrogen and oxygen atoms in total. The maximum Gasteiger partial charge on any atom is 0.313 e.